The molecule has 1 aliphatic rings. The Morgan fingerprint density at radius 1 is 1.62 bits per heavy atom. The van der Waals surface area contributed by atoms with Crippen molar-refractivity contribution in [3.63, 3.8) is 0 Å². The van der Waals surface area contributed by atoms with Gasteiger partial charge in [0.1, 0.15) is 11.6 Å². The molecule has 0 bridgehead atoms. The van der Waals surface area contributed by atoms with Gasteiger partial charge in [0, 0.05) is 0 Å². The first-order valence-corrected chi connectivity index (χ1v) is 6.08. The number of terminal acetylenes is 1. The van der Waals surface area contributed by atoms with Crippen LogP contribution in [0.3, 0.4) is 0 Å². The fourth-order valence-corrected chi connectivity index (χ4v) is 2.42. The van der Waals surface area contributed by atoms with Crippen molar-refractivity contribution in [3.05, 3.63) is 12.4 Å². The van der Waals surface area contributed by atoms with Gasteiger partial charge in [-0.15, -0.1) is 6.42 Å². The molecule has 3 rings (SSSR count). The van der Waals surface area contributed by atoms with E-state index in [0.717, 1.165) is 0 Å². The summed E-state index contributed by atoms with van der Waals surface area (Å²) in [6.07, 6.45) is 4.46. The van der Waals surface area contributed by atoms with E-state index in [4.69, 9.17) is 16.9 Å². The quantitative estimate of drug-likeness (QED) is 0.472. The Bertz CT molecular complexity index is 742. The van der Waals surface area contributed by atoms with Crippen molar-refractivity contribution in [2.24, 2.45) is 0 Å². The second-order valence-electron chi connectivity index (χ2n) is 4.72. The second-order valence-corrected chi connectivity index (χ2v) is 4.72. The molecular formula is C12H12FN5O3. The highest BCUT2D eigenvalue weighted by Gasteiger charge is 2.49. The predicted molar refractivity (Wildman–Crippen MR) is 69.3 cm³/mol. The van der Waals surface area contributed by atoms with Crippen LogP contribution in [0, 0.1) is 18.4 Å². The molecule has 0 amide bonds. The minimum absolute atomic E-state index is 0.0168. The second kappa shape index (κ2) is 4.63. The molecule has 0 saturated carbocycles. The number of hydrogen-bond acceptors (Lipinski definition) is 7. The number of ether oxygens (including phenoxy) is 1. The number of nitrogens with zero attached hydrogens (tertiary/aromatic N) is 4. The molecule has 4 N–H and O–H groups in total. The highest BCUT2D eigenvalue weighted by Crippen LogP contribution is 2.34. The van der Waals surface area contributed by atoms with E-state index in [0.29, 0.717) is 0 Å². The lowest BCUT2D eigenvalue weighted by atomic mass is 9.96. The maximum atomic E-state index is 13.3. The summed E-state index contributed by atoms with van der Waals surface area (Å²) in [6, 6.07) is -0.674. The molecule has 2 aromatic heterocycles. The molecule has 3 heterocycles. The van der Waals surface area contributed by atoms with E-state index in [2.05, 4.69) is 20.9 Å². The summed E-state index contributed by atoms with van der Waals surface area (Å²) in [6.45, 7) is -0.526. The SMILES string of the molecule is C#C[C@]1(CO)OCC(n2cnc3c(N)nc(F)nc32)[C@H]1O. The third kappa shape index (κ3) is 1.84. The van der Waals surface area contributed by atoms with E-state index >= 15 is 0 Å². The van der Waals surface area contributed by atoms with Crippen LogP contribution in [0.1, 0.15) is 6.04 Å². The number of aromatic nitrogens is 4. The number of aliphatic hydroxyl groups is 2. The zero-order chi connectivity index (χ0) is 15.2. The van der Waals surface area contributed by atoms with Crippen LogP contribution in [0.4, 0.5) is 10.2 Å². The molecule has 1 unspecified atom stereocenters. The number of hydrogen-bond donors (Lipinski definition) is 3. The smallest absolute Gasteiger partial charge is 0.312 e. The summed E-state index contributed by atoms with van der Waals surface area (Å²) in [5.41, 5.74) is 4.41. The number of halogens is 1. The largest absolute Gasteiger partial charge is 0.392 e. The van der Waals surface area contributed by atoms with Gasteiger partial charge in [-0.05, 0) is 0 Å². The van der Waals surface area contributed by atoms with Gasteiger partial charge in [-0.2, -0.15) is 14.4 Å². The Balaban J connectivity index is 2.09. The third-order valence-electron chi connectivity index (χ3n) is 3.61. The maximum absolute atomic E-state index is 13.3. The molecule has 1 saturated heterocycles. The van der Waals surface area contributed by atoms with Crippen LogP contribution in [0.2, 0.25) is 0 Å². The molecule has 9 heteroatoms. The average molecular weight is 293 g/mol. The fraction of sp³-hybridized carbons (Fsp3) is 0.417. The number of nitrogen functional groups attached to an aromatic ring is 1. The third-order valence-corrected chi connectivity index (χ3v) is 3.61. The molecule has 3 atom stereocenters. The minimum atomic E-state index is -1.50. The topological polar surface area (TPSA) is 119 Å². The minimum Gasteiger partial charge on any atom is -0.392 e. The summed E-state index contributed by atoms with van der Waals surface area (Å²) < 4.78 is 20.1. The van der Waals surface area contributed by atoms with E-state index in [1.807, 2.05) is 0 Å². The van der Waals surface area contributed by atoms with Crippen molar-refractivity contribution >= 4 is 17.0 Å². The first-order valence-electron chi connectivity index (χ1n) is 6.08. The van der Waals surface area contributed by atoms with Gasteiger partial charge < -0.3 is 25.3 Å². The number of nitrogens with two attached hydrogens (primary N) is 1. The van der Waals surface area contributed by atoms with Crippen molar-refractivity contribution in [2.75, 3.05) is 18.9 Å². The molecule has 0 aliphatic carbocycles. The molecule has 0 spiro atoms. The van der Waals surface area contributed by atoms with Gasteiger partial charge in [0.15, 0.2) is 17.1 Å². The Hall–Kier alpha value is -2.28. The van der Waals surface area contributed by atoms with Gasteiger partial charge in [-0.3, -0.25) is 0 Å². The standard InChI is InChI=1S/C12H12FN5O3/c1-2-12(4-19)8(20)6(3-21-12)18-5-15-7-9(14)16-11(13)17-10(7)18/h1,5-6,8,19-20H,3-4H2,(H2,14,16,17)/t6?,8-,12-/m1/s1. The zero-order valence-electron chi connectivity index (χ0n) is 10.8. The van der Waals surface area contributed by atoms with Crippen molar-refractivity contribution in [2.45, 2.75) is 17.7 Å². The highest BCUT2D eigenvalue weighted by molar-refractivity contribution is 5.81. The lowest BCUT2D eigenvalue weighted by molar-refractivity contribution is -0.0495. The Labute approximate surface area is 118 Å². The van der Waals surface area contributed by atoms with Crippen LogP contribution in [0.15, 0.2) is 6.33 Å². The Morgan fingerprint density at radius 3 is 3.00 bits per heavy atom. The van der Waals surface area contributed by atoms with Gasteiger partial charge in [0.2, 0.25) is 0 Å². The van der Waals surface area contributed by atoms with Crippen LogP contribution in [0.25, 0.3) is 11.2 Å². The van der Waals surface area contributed by atoms with Gasteiger partial charge in [-0.1, -0.05) is 5.92 Å². The van der Waals surface area contributed by atoms with E-state index in [1.165, 1.54) is 10.9 Å². The first-order chi connectivity index (χ1) is 10.0. The maximum Gasteiger partial charge on any atom is 0.312 e. The molecule has 110 valence electrons. The van der Waals surface area contributed by atoms with E-state index in [-0.39, 0.29) is 23.6 Å². The van der Waals surface area contributed by atoms with Crippen molar-refractivity contribution in [1.29, 1.82) is 0 Å². The van der Waals surface area contributed by atoms with Gasteiger partial charge in [0.05, 0.1) is 25.6 Å². The number of imidazole rings is 1. The van der Waals surface area contributed by atoms with E-state index in [1.54, 1.807) is 0 Å². The number of anilines is 1. The summed E-state index contributed by atoms with van der Waals surface area (Å²) in [4.78, 5) is 11.0. The monoisotopic (exact) mass is 293 g/mol. The average Bonchev–Trinajstić information content (AvgIpc) is 3.01. The van der Waals surface area contributed by atoms with Gasteiger partial charge in [0.25, 0.3) is 0 Å². The molecule has 21 heavy (non-hydrogen) atoms. The van der Waals surface area contributed by atoms with Crippen molar-refractivity contribution < 1.29 is 19.3 Å². The van der Waals surface area contributed by atoms with Crippen LogP contribution in [-0.4, -0.2) is 54.7 Å². The molecule has 1 fully saturated rings. The van der Waals surface area contributed by atoms with Crippen molar-refractivity contribution in [1.82, 2.24) is 19.5 Å². The molecule has 0 aromatic carbocycles. The van der Waals surface area contributed by atoms with Gasteiger partial charge in [-0.25, -0.2) is 4.98 Å². The lowest BCUT2D eigenvalue weighted by Crippen LogP contribution is -2.43. The summed E-state index contributed by atoms with van der Waals surface area (Å²) in [5.74, 6) is 2.15. The first kappa shape index (κ1) is 13.7. The van der Waals surface area contributed by atoms with Crippen LogP contribution < -0.4 is 5.73 Å². The van der Waals surface area contributed by atoms with Crippen molar-refractivity contribution in [3.8, 4) is 12.3 Å². The number of aliphatic hydroxyl groups excluding tert-OH is 2. The van der Waals surface area contributed by atoms with E-state index < -0.39 is 30.4 Å². The van der Waals surface area contributed by atoms with E-state index in [9.17, 15) is 14.6 Å². The highest BCUT2D eigenvalue weighted by atomic mass is 19.1. The van der Waals surface area contributed by atoms with Crippen LogP contribution >= 0.6 is 0 Å². The normalized spacial score (nSPS) is 28.9. The molecule has 8 nitrogen and oxygen atoms in total. The van der Waals surface area contributed by atoms with Crippen LogP contribution in [0.5, 0.6) is 0 Å². The molecule has 2 aromatic rings. The number of fused-ring (bicyclic) bond motifs is 1. The fourth-order valence-electron chi connectivity index (χ4n) is 2.42. The lowest BCUT2D eigenvalue weighted by Gasteiger charge is -2.25. The number of rotatable bonds is 2. The van der Waals surface area contributed by atoms with Crippen LogP contribution in [-0.2, 0) is 4.74 Å². The van der Waals surface area contributed by atoms with Gasteiger partial charge >= 0.3 is 6.08 Å². The summed E-state index contributed by atoms with van der Waals surface area (Å²) in [5, 5.41) is 19.7. The zero-order valence-corrected chi connectivity index (χ0v) is 10.8. The Morgan fingerprint density at radius 2 is 2.38 bits per heavy atom. The summed E-state index contributed by atoms with van der Waals surface area (Å²) in [7, 11) is 0. The Kier molecular flexibility index (Phi) is 3.02. The molecular weight excluding hydrogens is 281 g/mol. The molecule has 1 aliphatic heterocycles. The molecule has 0 radical (unpaired) electrons. The summed E-state index contributed by atoms with van der Waals surface area (Å²) >= 11 is 0. The predicted octanol–water partition coefficient (Wildman–Crippen LogP) is -1.16.